The van der Waals surface area contributed by atoms with Crippen molar-refractivity contribution in [1.82, 2.24) is 10.3 Å². The Hall–Kier alpha value is -3.14. The van der Waals surface area contributed by atoms with Crippen molar-refractivity contribution in [3.05, 3.63) is 90.3 Å². The summed E-state index contributed by atoms with van der Waals surface area (Å²) in [5, 5.41) is 2.98. The molecule has 0 bridgehead atoms. The van der Waals surface area contributed by atoms with E-state index in [1.54, 1.807) is 6.20 Å². The van der Waals surface area contributed by atoms with Gasteiger partial charge in [-0.25, -0.2) is 0 Å². The van der Waals surface area contributed by atoms with E-state index in [0.29, 0.717) is 12.2 Å². The Kier molecular flexibility index (Phi) is 6.21. The predicted octanol–water partition coefficient (Wildman–Crippen LogP) is 4.95. The number of pyridine rings is 1. The fourth-order valence-electron chi connectivity index (χ4n) is 2.82. The number of aromatic nitrogens is 1. The second-order valence-corrected chi connectivity index (χ2v) is 6.59. The molecular weight excluding hydrogens is 334 g/mol. The van der Waals surface area contributed by atoms with Crippen molar-refractivity contribution in [3.8, 4) is 0 Å². The summed E-state index contributed by atoms with van der Waals surface area (Å²) in [7, 11) is 0. The second-order valence-electron chi connectivity index (χ2n) is 6.59. The second kappa shape index (κ2) is 8.99. The van der Waals surface area contributed by atoms with Crippen LogP contribution in [0.4, 0.5) is 11.4 Å². The lowest BCUT2D eigenvalue weighted by atomic mass is 10.1. The minimum Gasteiger partial charge on any atom is -0.348 e. The minimum atomic E-state index is -0.140. The fourth-order valence-corrected chi connectivity index (χ4v) is 2.82. The van der Waals surface area contributed by atoms with E-state index in [9.17, 15) is 4.79 Å². The van der Waals surface area contributed by atoms with E-state index in [4.69, 9.17) is 0 Å². The van der Waals surface area contributed by atoms with Gasteiger partial charge in [0.2, 0.25) is 0 Å². The van der Waals surface area contributed by atoms with Crippen molar-refractivity contribution in [2.24, 2.45) is 0 Å². The molecule has 0 aliphatic carbocycles. The van der Waals surface area contributed by atoms with Gasteiger partial charge in [0.15, 0.2) is 0 Å². The number of nitrogens with one attached hydrogen (secondary N) is 1. The Balaban J connectivity index is 1.92. The first-order valence-corrected chi connectivity index (χ1v) is 9.31. The van der Waals surface area contributed by atoms with Gasteiger partial charge in [0.25, 0.3) is 5.91 Å². The van der Waals surface area contributed by atoms with Crippen LogP contribution >= 0.6 is 0 Å². The molecule has 0 aliphatic heterocycles. The van der Waals surface area contributed by atoms with Gasteiger partial charge >= 0.3 is 0 Å². The molecule has 2 aromatic carbocycles. The molecule has 1 unspecified atom stereocenters. The molecule has 0 spiro atoms. The molecule has 3 aromatic rings. The van der Waals surface area contributed by atoms with Gasteiger partial charge in [0.1, 0.15) is 5.69 Å². The van der Waals surface area contributed by atoms with E-state index < -0.39 is 0 Å². The lowest BCUT2D eigenvalue weighted by Crippen LogP contribution is -2.32. The van der Waals surface area contributed by atoms with Crippen LogP contribution in [0.5, 0.6) is 0 Å². The molecule has 1 amide bonds. The van der Waals surface area contributed by atoms with E-state index in [2.05, 4.69) is 39.5 Å². The number of anilines is 2. The number of rotatable bonds is 7. The van der Waals surface area contributed by atoms with Crippen molar-refractivity contribution < 1.29 is 4.79 Å². The molecule has 4 heteroatoms. The molecule has 0 aliphatic rings. The van der Waals surface area contributed by atoms with E-state index in [-0.39, 0.29) is 11.9 Å². The number of nitrogens with zero attached hydrogens (tertiary/aromatic N) is 2. The van der Waals surface area contributed by atoms with Crippen LogP contribution in [-0.2, 0) is 6.54 Å². The Morgan fingerprint density at radius 1 is 1.00 bits per heavy atom. The number of hydrogen-bond donors (Lipinski definition) is 1. The summed E-state index contributed by atoms with van der Waals surface area (Å²) in [4.78, 5) is 19.0. The Labute approximate surface area is 160 Å². The summed E-state index contributed by atoms with van der Waals surface area (Å²) < 4.78 is 0. The van der Waals surface area contributed by atoms with Crippen LogP contribution in [0.2, 0.25) is 0 Å². The van der Waals surface area contributed by atoms with Crippen molar-refractivity contribution in [2.45, 2.75) is 32.9 Å². The van der Waals surface area contributed by atoms with Crippen molar-refractivity contribution >= 4 is 17.3 Å². The Bertz CT molecular complexity index is 865. The lowest BCUT2D eigenvalue weighted by molar-refractivity contribution is 0.0934. The van der Waals surface area contributed by atoms with Crippen molar-refractivity contribution in [3.63, 3.8) is 0 Å². The molecule has 1 heterocycles. The van der Waals surface area contributed by atoms with Gasteiger partial charge in [-0.05, 0) is 43.2 Å². The first-order chi connectivity index (χ1) is 13.2. The zero-order chi connectivity index (χ0) is 19.1. The van der Waals surface area contributed by atoms with Crippen LogP contribution in [0.1, 0.15) is 36.3 Å². The van der Waals surface area contributed by atoms with Gasteiger partial charge < -0.3 is 10.2 Å². The largest absolute Gasteiger partial charge is 0.348 e. The highest BCUT2D eigenvalue weighted by Gasteiger charge is 2.15. The molecule has 0 radical (unpaired) electrons. The number of carbonyl (C=O) groups excluding carboxylic acids is 1. The van der Waals surface area contributed by atoms with Gasteiger partial charge in [-0.15, -0.1) is 0 Å². The highest BCUT2D eigenvalue weighted by Crippen LogP contribution is 2.27. The first kappa shape index (κ1) is 18.6. The Morgan fingerprint density at radius 3 is 2.33 bits per heavy atom. The first-order valence-electron chi connectivity index (χ1n) is 9.31. The van der Waals surface area contributed by atoms with Crippen molar-refractivity contribution in [1.29, 1.82) is 0 Å². The zero-order valence-corrected chi connectivity index (χ0v) is 15.8. The number of amides is 1. The van der Waals surface area contributed by atoms with Crippen LogP contribution in [0, 0.1) is 0 Å². The quantitative estimate of drug-likeness (QED) is 0.649. The summed E-state index contributed by atoms with van der Waals surface area (Å²) in [6, 6.07) is 24.4. The summed E-state index contributed by atoms with van der Waals surface area (Å²) in [6.45, 7) is 4.75. The summed E-state index contributed by atoms with van der Waals surface area (Å²) in [5.41, 5.74) is 3.64. The highest BCUT2D eigenvalue weighted by atomic mass is 16.1. The molecule has 0 saturated heterocycles. The number of carbonyl (C=O) groups is 1. The highest BCUT2D eigenvalue weighted by molar-refractivity contribution is 5.93. The van der Waals surface area contributed by atoms with Crippen LogP contribution in [-0.4, -0.2) is 16.9 Å². The number of para-hydroxylation sites is 1. The lowest BCUT2D eigenvalue weighted by Gasteiger charge is -2.25. The smallest absolute Gasteiger partial charge is 0.270 e. The van der Waals surface area contributed by atoms with Crippen LogP contribution in [0.25, 0.3) is 0 Å². The predicted molar refractivity (Wildman–Crippen MR) is 110 cm³/mol. The molecule has 0 fully saturated rings. The monoisotopic (exact) mass is 359 g/mol. The van der Waals surface area contributed by atoms with E-state index in [0.717, 1.165) is 17.8 Å². The fraction of sp³-hybridized carbons (Fsp3) is 0.217. The molecular formula is C23H25N3O. The topological polar surface area (TPSA) is 45.2 Å². The third kappa shape index (κ3) is 4.94. The third-order valence-electron chi connectivity index (χ3n) is 4.53. The van der Waals surface area contributed by atoms with Crippen LogP contribution < -0.4 is 10.2 Å². The maximum atomic E-state index is 12.5. The zero-order valence-electron chi connectivity index (χ0n) is 15.8. The summed E-state index contributed by atoms with van der Waals surface area (Å²) in [6.07, 6.45) is 2.58. The number of hydrogen-bond acceptors (Lipinski definition) is 3. The van der Waals surface area contributed by atoms with E-state index in [1.165, 1.54) is 5.56 Å². The van der Waals surface area contributed by atoms with Crippen LogP contribution in [0.15, 0.2) is 79.0 Å². The minimum absolute atomic E-state index is 0.123. The molecule has 3 rings (SSSR count). The molecule has 1 N–H and O–H groups in total. The molecule has 1 atom stereocenters. The average Bonchev–Trinajstić information content (AvgIpc) is 2.73. The molecule has 0 saturated carbocycles. The number of benzene rings is 2. The maximum Gasteiger partial charge on any atom is 0.270 e. The average molecular weight is 359 g/mol. The molecule has 1 aromatic heterocycles. The van der Waals surface area contributed by atoms with Gasteiger partial charge in [-0.3, -0.25) is 9.78 Å². The van der Waals surface area contributed by atoms with Gasteiger partial charge in [-0.2, -0.15) is 0 Å². The van der Waals surface area contributed by atoms with Gasteiger partial charge in [-0.1, -0.05) is 55.5 Å². The van der Waals surface area contributed by atoms with Crippen LogP contribution in [0.3, 0.4) is 0 Å². The normalized spacial score (nSPS) is 11.6. The molecule has 27 heavy (non-hydrogen) atoms. The van der Waals surface area contributed by atoms with E-state index >= 15 is 0 Å². The SMILES string of the molecule is CCC(C)NC(=O)c1cc(N(Cc2ccccc2)c2ccccc2)ccn1. The van der Waals surface area contributed by atoms with Gasteiger partial charge in [0, 0.05) is 30.2 Å². The van der Waals surface area contributed by atoms with Gasteiger partial charge in [0.05, 0.1) is 0 Å². The standard InChI is InChI=1S/C23H25N3O/c1-3-18(2)25-23(27)22-16-21(14-15-24-22)26(20-12-8-5-9-13-20)17-19-10-6-4-7-11-19/h4-16,18H,3,17H2,1-2H3,(H,25,27). The van der Waals surface area contributed by atoms with E-state index in [1.807, 2.05) is 62.4 Å². The third-order valence-corrected chi connectivity index (χ3v) is 4.53. The van der Waals surface area contributed by atoms with Crippen molar-refractivity contribution in [2.75, 3.05) is 4.90 Å². The molecule has 4 nitrogen and oxygen atoms in total. The summed E-state index contributed by atoms with van der Waals surface area (Å²) >= 11 is 0. The summed E-state index contributed by atoms with van der Waals surface area (Å²) in [5.74, 6) is -0.140. The molecule has 138 valence electrons. The Morgan fingerprint density at radius 2 is 1.67 bits per heavy atom. The maximum absolute atomic E-state index is 12.5.